The van der Waals surface area contributed by atoms with E-state index in [-0.39, 0.29) is 17.5 Å². The molecule has 1 amide bonds. The van der Waals surface area contributed by atoms with Gasteiger partial charge in [-0.15, -0.1) is 11.3 Å². The lowest BCUT2D eigenvalue weighted by molar-refractivity contribution is 0.0696. The molecule has 0 aliphatic carbocycles. The summed E-state index contributed by atoms with van der Waals surface area (Å²) in [5.41, 5.74) is 1.20. The third-order valence-electron chi connectivity index (χ3n) is 3.05. The zero-order chi connectivity index (χ0) is 15.4. The Morgan fingerprint density at radius 1 is 1.33 bits per heavy atom. The van der Waals surface area contributed by atoms with Gasteiger partial charge in [0, 0.05) is 17.1 Å². The predicted molar refractivity (Wildman–Crippen MR) is 80.8 cm³/mol. The largest absolute Gasteiger partial charge is 0.478 e. The summed E-state index contributed by atoms with van der Waals surface area (Å²) in [6, 6.07) is 4.44. The van der Waals surface area contributed by atoms with Crippen LogP contribution in [0.5, 0.6) is 0 Å². The fourth-order valence-electron chi connectivity index (χ4n) is 2.02. The number of aryl methyl sites for hydroxylation is 1. The summed E-state index contributed by atoms with van der Waals surface area (Å²) in [6.45, 7) is 3.73. The number of carbonyl (C=O) groups excluding carboxylic acids is 1. The summed E-state index contributed by atoms with van der Waals surface area (Å²) in [7, 11) is 0. The lowest BCUT2D eigenvalue weighted by atomic mass is 10.1. The first kappa shape index (κ1) is 15.2. The molecule has 0 fully saturated rings. The number of aromatic carboxylic acids is 1. The number of carboxylic acids is 1. The van der Waals surface area contributed by atoms with E-state index in [2.05, 4.69) is 10.3 Å². The van der Waals surface area contributed by atoms with E-state index in [9.17, 15) is 9.59 Å². The highest BCUT2D eigenvalue weighted by Gasteiger charge is 2.17. The highest BCUT2D eigenvalue weighted by Crippen LogP contribution is 2.20. The van der Waals surface area contributed by atoms with Gasteiger partial charge < -0.3 is 10.4 Å². The number of nitrogens with one attached hydrogen (secondary N) is 1. The van der Waals surface area contributed by atoms with Crippen molar-refractivity contribution in [2.45, 2.75) is 26.3 Å². The van der Waals surface area contributed by atoms with Crippen molar-refractivity contribution in [3.8, 4) is 0 Å². The van der Waals surface area contributed by atoms with Crippen LogP contribution in [0.15, 0.2) is 29.8 Å². The van der Waals surface area contributed by atoms with Gasteiger partial charge in [-0.3, -0.25) is 4.79 Å². The van der Waals surface area contributed by atoms with Gasteiger partial charge in [0.1, 0.15) is 5.01 Å². The van der Waals surface area contributed by atoms with Gasteiger partial charge in [-0.25, -0.2) is 9.78 Å². The molecule has 5 nitrogen and oxygen atoms in total. The standard InChI is InChI=1S/C15H16N2O3S/c1-3-12(14-16-4-5-21-14)17-13(18)10-6-9(2)7-11(8-10)15(19)20/h4-8,12H,3H2,1-2H3,(H,17,18)(H,19,20). The van der Waals surface area contributed by atoms with Crippen LogP contribution >= 0.6 is 11.3 Å². The molecule has 110 valence electrons. The molecule has 21 heavy (non-hydrogen) atoms. The summed E-state index contributed by atoms with van der Waals surface area (Å²) in [4.78, 5) is 27.6. The van der Waals surface area contributed by atoms with Crippen molar-refractivity contribution in [3.05, 3.63) is 51.5 Å². The number of thiazole rings is 1. The van der Waals surface area contributed by atoms with Crippen LogP contribution in [0.4, 0.5) is 0 Å². The zero-order valence-corrected chi connectivity index (χ0v) is 12.6. The molecule has 2 aromatic rings. The fraction of sp³-hybridized carbons (Fsp3) is 0.267. The van der Waals surface area contributed by atoms with Crippen LogP contribution in [0.25, 0.3) is 0 Å². The Morgan fingerprint density at radius 3 is 2.62 bits per heavy atom. The van der Waals surface area contributed by atoms with Crippen molar-refractivity contribution in [1.82, 2.24) is 10.3 Å². The normalized spacial score (nSPS) is 11.9. The lowest BCUT2D eigenvalue weighted by Crippen LogP contribution is -2.28. The highest BCUT2D eigenvalue weighted by molar-refractivity contribution is 7.09. The Labute approximate surface area is 126 Å². The summed E-state index contributed by atoms with van der Waals surface area (Å²) in [5, 5.41) is 14.7. The van der Waals surface area contributed by atoms with Gasteiger partial charge >= 0.3 is 5.97 Å². The fourth-order valence-corrected chi connectivity index (χ4v) is 2.80. The third kappa shape index (κ3) is 3.66. The number of amides is 1. The summed E-state index contributed by atoms with van der Waals surface area (Å²) < 4.78 is 0. The van der Waals surface area contributed by atoms with E-state index < -0.39 is 5.97 Å². The molecule has 0 aliphatic heterocycles. The number of carboxylic acid groups (broad SMARTS) is 1. The molecule has 2 N–H and O–H groups in total. The molecule has 1 unspecified atom stereocenters. The van der Waals surface area contributed by atoms with Gasteiger partial charge in [-0.05, 0) is 37.1 Å². The van der Waals surface area contributed by atoms with Crippen LogP contribution in [0, 0.1) is 6.92 Å². The molecule has 1 aromatic carbocycles. The van der Waals surface area contributed by atoms with Crippen LogP contribution < -0.4 is 5.32 Å². The van der Waals surface area contributed by atoms with E-state index in [1.165, 1.54) is 23.5 Å². The minimum absolute atomic E-state index is 0.113. The second-order valence-corrected chi connectivity index (χ2v) is 5.62. The third-order valence-corrected chi connectivity index (χ3v) is 3.94. The van der Waals surface area contributed by atoms with Crippen LogP contribution in [0.2, 0.25) is 0 Å². The Balaban J connectivity index is 2.22. The Bertz CT molecular complexity index is 653. The van der Waals surface area contributed by atoms with E-state index >= 15 is 0 Å². The zero-order valence-electron chi connectivity index (χ0n) is 11.8. The number of hydrogen-bond acceptors (Lipinski definition) is 4. The van der Waals surface area contributed by atoms with Gasteiger partial charge in [0.2, 0.25) is 0 Å². The van der Waals surface area contributed by atoms with E-state index in [1.54, 1.807) is 19.2 Å². The monoisotopic (exact) mass is 304 g/mol. The predicted octanol–water partition coefficient (Wildman–Crippen LogP) is 3.03. The van der Waals surface area contributed by atoms with Gasteiger partial charge in [0.25, 0.3) is 5.91 Å². The molecule has 1 aromatic heterocycles. The van der Waals surface area contributed by atoms with E-state index in [0.29, 0.717) is 5.56 Å². The number of aromatic nitrogens is 1. The molecule has 0 aliphatic rings. The van der Waals surface area contributed by atoms with Gasteiger partial charge in [-0.1, -0.05) is 6.92 Å². The number of rotatable bonds is 5. The van der Waals surface area contributed by atoms with Crippen LogP contribution in [-0.2, 0) is 0 Å². The van der Waals surface area contributed by atoms with Crippen molar-refractivity contribution in [3.63, 3.8) is 0 Å². The quantitative estimate of drug-likeness (QED) is 0.890. The van der Waals surface area contributed by atoms with Crippen LogP contribution in [-0.4, -0.2) is 22.0 Å². The minimum Gasteiger partial charge on any atom is -0.478 e. The van der Waals surface area contributed by atoms with E-state index in [4.69, 9.17) is 5.11 Å². The first-order valence-electron chi connectivity index (χ1n) is 6.56. The van der Waals surface area contributed by atoms with Gasteiger partial charge in [0.15, 0.2) is 0 Å². The first-order chi connectivity index (χ1) is 10.0. The molecule has 0 saturated heterocycles. The van der Waals surface area contributed by atoms with Crippen LogP contribution in [0.1, 0.15) is 50.7 Å². The molecular formula is C15H16N2O3S. The molecule has 0 saturated carbocycles. The van der Waals surface area contributed by atoms with Crippen molar-refractivity contribution >= 4 is 23.2 Å². The molecule has 0 bridgehead atoms. The smallest absolute Gasteiger partial charge is 0.335 e. The second kappa shape index (κ2) is 6.49. The maximum Gasteiger partial charge on any atom is 0.335 e. The molecular weight excluding hydrogens is 288 g/mol. The van der Waals surface area contributed by atoms with Crippen LogP contribution in [0.3, 0.4) is 0 Å². The maximum absolute atomic E-state index is 12.3. The van der Waals surface area contributed by atoms with Crippen molar-refractivity contribution < 1.29 is 14.7 Å². The Hall–Kier alpha value is -2.21. The average Bonchev–Trinajstić information content (AvgIpc) is 2.97. The summed E-state index contributed by atoms with van der Waals surface area (Å²) in [5.74, 6) is -1.33. The number of benzene rings is 1. The number of hydrogen-bond donors (Lipinski definition) is 2. The number of nitrogens with zero attached hydrogens (tertiary/aromatic N) is 1. The highest BCUT2D eigenvalue weighted by atomic mass is 32.1. The van der Waals surface area contributed by atoms with Crippen molar-refractivity contribution in [2.75, 3.05) is 0 Å². The van der Waals surface area contributed by atoms with Gasteiger partial charge in [0.05, 0.1) is 11.6 Å². The maximum atomic E-state index is 12.3. The molecule has 0 spiro atoms. The average molecular weight is 304 g/mol. The van der Waals surface area contributed by atoms with Crippen molar-refractivity contribution in [1.29, 1.82) is 0 Å². The lowest BCUT2D eigenvalue weighted by Gasteiger charge is -2.15. The SMILES string of the molecule is CCC(NC(=O)c1cc(C)cc(C(=O)O)c1)c1nccs1. The topological polar surface area (TPSA) is 79.3 Å². The molecule has 0 radical (unpaired) electrons. The Morgan fingerprint density at radius 2 is 2.05 bits per heavy atom. The van der Waals surface area contributed by atoms with E-state index in [0.717, 1.165) is 17.0 Å². The first-order valence-corrected chi connectivity index (χ1v) is 7.44. The summed E-state index contributed by atoms with van der Waals surface area (Å²) in [6.07, 6.45) is 2.42. The summed E-state index contributed by atoms with van der Waals surface area (Å²) >= 11 is 1.48. The molecule has 1 heterocycles. The molecule has 6 heteroatoms. The minimum atomic E-state index is -1.04. The van der Waals surface area contributed by atoms with E-state index in [1.807, 2.05) is 12.3 Å². The second-order valence-electron chi connectivity index (χ2n) is 4.70. The Kier molecular flexibility index (Phi) is 4.70. The number of carbonyl (C=O) groups is 2. The molecule has 2 rings (SSSR count). The molecule has 1 atom stereocenters. The van der Waals surface area contributed by atoms with Gasteiger partial charge in [-0.2, -0.15) is 0 Å². The van der Waals surface area contributed by atoms with Crippen molar-refractivity contribution in [2.24, 2.45) is 0 Å².